The first-order chi connectivity index (χ1) is 9.65. The molecule has 0 aliphatic rings. The van der Waals surface area contributed by atoms with Crippen molar-refractivity contribution in [3.05, 3.63) is 46.8 Å². The summed E-state index contributed by atoms with van der Waals surface area (Å²) in [6, 6.07) is 8.13. The summed E-state index contributed by atoms with van der Waals surface area (Å²) in [5, 5.41) is 16.7. The number of carbonyl (C=O) groups is 1. The van der Waals surface area contributed by atoms with Crippen LogP contribution in [0.4, 0.5) is 0 Å². The lowest BCUT2D eigenvalue weighted by Gasteiger charge is -2.07. The summed E-state index contributed by atoms with van der Waals surface area (Å²) in [5.41, 5.74) is 2.72. The van der Waals surface area contributed by atoms with E-state index in [4.69, 9.17) is 9.84 Å². The van der Waals surface area contributed by atoms with Gasteiger partial charge in [-0.3, -0.25) is 0 Å². The number of benzene rings is 1. The van der Waals surface area contributed by atoms with Crippen molar-refractivity contribution in [2.45, 2.75) is 26.5 Å². The Balaban J connectivity index is 2.25. The SMILES string of the molecule is CCc1ccc(Cn2nnc(C(=O)O)c2COC)cc1. The van der Waals surface area contributed by atoms with E-state index in [-0.39, 0.29) is 12.3 Å². The van der Waals surface area contributed by atoms with Crippen molar-refractivity contribution in [1.29, 1.82) is 0 Å². The number of methoxy groups -OCH3 is 1. The highest BCUT2D eigenvalue weighted by molar-refractivity contribution is 5.86. The van der Waals surface area contributed by atoms with E-state index in [0.29, 0.717) is 12.2 Å². The lowest BCUT2D eigenvalue weighted by molar-refractivity contribution is 0.0684. The highest BCUT2D eigenvalue weighted by Crippen LogP contribution is 2.11. The number of aryl methyl sites for hydroxylation is 1. The van der Waals surface area contributed by atoms with Crippen LogP contribution in [0.15, 0.2) is 24.3 Å². The van der Waals surface area contributed by atoms with Crippen LogP contribution >= 0.6 is 0 Å². The second-order valence-electron chi connectivity index (χ2n) is 4.45. The first-order valence-electron chi connectivity index (χ1n) is 6.38. The maximum atomic E-state index is 11.1. The van der Waals surface area contributed by atoms with E-state index in [2.05, 4.69) is 29.4 Å². The van der Waals surface area contributed by atoms with Crippen LogP contribution in [-0.2, 0) is 24.3 Å². The number of aromatic nitrogens is 3. The lowest BCUT2D eigenvalue weighted by Crippen LogP contribution is -2.10. The Labute approximate surface area is 117 Å². The Morgan fingerprint density at radius 2 is 1.95 bits per heavy atom. The molecule has 1 aromatic heterocycles. The number of aromatic carboxylic acids is 1. The molecule has 20 heavy (non-hydrogen) atoms. The third kappa shape index (κ3) is 3.03. The summed E-state index contributed by atoms with van der Waals surface area (Å²) >= 11 is 0. The minimum Gasteiger partial charge on any atom is -0.476 e. The molecule has 0 radical (unpaired) electrons. The van der Waals surface area contributed by atoms with Crippen molar-refractivity contribution in [1.82, 2.24) is 15.0 Å². The number of carboxylic acids is 1. The molecule has 2 aromatic rings. The Morgan fingerprint density at radius 1 is 1.30 bits per heavy atom. The molecule has 0 aliphatic heterocycles. The molecule has 2 rings (SSSR count). The van der Waals surface area contributed by atoms with Gasteiger partial charge in [-0.25, -0.2) is 9.48 Å². The summed E-state index contributed by atoms with van der Waals surface area (Å²) in [4.78, 5) is 11.1. The molecule has 0 saturated heterocycles. The number of ether oxygens (including phenoxy) is 1. The minimum absolute atomic E-state index is 0.0583. The zero-order valence-electron chi connectivity index (χ0n) is 11.5. The minimum atomic E-state index is -1.09. The molecule has 0 amide bonds. The standard InChI is InChI=1S/C14H17N3O3/c1-3-10-4-6-11(7-5-10)8-17-12(9-20-2)13(14(18)19)15-16-17/h4-7H,3,8-9H2,1-2H3,(H,18,19). The summed E-state index contributed by atoms with van der Waals surface area (Å²) in [6.07, 6.45) is 0.988. The maximum absolute atomic E-state index is 11.1. The van der Waals surface area contributed by atoms with Gasteiger partial charge in [-0.05, 0) is 17.5 Å². The van der Waals surface area contributed by atoms with Crippen LogP contribution in [0, 0.1) is 0 Å². The van der Waals surface area contributed by atoms with Gasteiger partial charge in [-0.15, -0.1) is 5.10 Å². The number of carboxylic acid groups (broad SMARTS) is 1. The van der Waals surface area contributed by atoms with Crippen LogP contribution in [0.3, 0.4) is 0 Å². The van der Waals surface area contributed by atoms with E-state index in [1.807, 2.05) is 12.1 Å². The predicted octanol–water partition coefficient (Wildman–Crippen LogP) is 1.73. The number of rotatable bonds is 6. The molecule has 0 spiro atoms. The van der Waals surface area contributed by atoms with E-state index in [0.717, 1.165) is 12.0 Å². The fourth-order valence-electron chi connectivity index (χ4n) is 1.96. The van der Waals surface area contributed by atoms with Crippen molar-refractivity contribution in [3.63, 3.8) is 0 Å². The van der Waals surface area contributed by atoms with Gasteiger partial charge in [0.1, 0.15) is 0 Å². The maximum Gasteiger partial charge on any atom is 0.358 e. The fraction of sp³-hybridized carbons (Fsp3) is 0.357. The molecular weight excluding hydrogens is 258 g/mol. The van der Waals surface area contributed by atoms with Crippen LogP contribution in [0.5, 0.6) is 0 Å². The van der Waals surface area contributed by atoms with Crippen LogP contribution in [0.1, 0.15) is 34.2 Å². The highest BCUT2D eigenvalue weighted by atomic mass is 16.5. The van der Waals surface area contributed by atoms with Gasteiger partial charge in [0.05, 0.1) is 18.8 Å². The van der Waals surface area contributed by atoms with Gasteiger partial charge in [-0.2, -0.15) is 0 Å². The van der Waals surface area contributed by atoms with Gasteiger partial charge in [0.25, 0.3) is 0 Å². The summed E-state index contributed by atoms with van der Waals surface area (Å²) in [5.74, 6) is -1.09. The van der Waals surface area contributed by atoms with E-state index in [9.17, 15) is 4.79 Å². The van der Waals surface area contributed by atoms with E-state index >= 15 is 0 Å². The van der Waals surface area contributed by atoms with Gasteiger partial charge in [-0.1, -0.05) is 36.4 Å². The average Bonchev–Trinajstić information content (AvgIpc) is 2.83. The summed E-state index contributed by atoms with van der Waals surface area (Å²) in [6.45, 7) is 2.74. The Kier molecular flexibility index (Phi) is 4.47. The lowest BCUT2D eigenvalue weighted by atomic mass is 10.1. The van der Waals surface area contributed by atoms with Gasteiger partial charge >= 0.3 is 5.97 Å². The molecule has 106 valence electrons. The normalized spacial score (nSPS) is 10.7. The van der Waals surface area contributed by atoms with Crippen LogP contribution < -0.4 is 0 Å². The third-order valence-corrected chi connectivity index (χ3v) is 3.08. The monoisotopic (exact) mass is 275 g/mol. The van der Waals surface area contributed by atoms with E-state index in [1.165, 1.54) is 12.7 Å². The molecule has 0 bridgehead atoms. The van der Waals surface area contributed by atoms with Crippen molar-refractivity contribution < 1.29 is 14.6 Å². The van der Waals surface area contributed by atoms with Gasteiger partial charge < -0.3 is 9.84 Å². The molecule has 6 nitrogen and oxygen atoms in total. The van der Waals surface area contributed by atoms with Gasteiger partial charge in [0.15, 0.2) is 5.69 Å². The summed E-state index contributed by atoms with van der Waals surface area (Å²) in [7, 11) is 1.51. The Hall–Kier alpha value is -2.21. The number of hydrogen-bond acceptors (Lipinski definition) is 4. The van der Waals surface area contributed by atoms with Crippen LogP contribution in [0.2, 0.25) is 0 Å². The number of nitrogens with zero attached hydrogens (tertiary/aromatic N) is 3. The molecule has 6 heteroatoms. The molecule has 0 unspecified atom stereocenters. The Morgan fingerprint density at radius 3 is 2.50 bits per heavy atom. The van der Waals surface area contributed by atoms with E-state index in [1.54, 1.807) is 4.68 Å². The molecule has 0 atom stereocenters. The van der Waals surface area contributed by atoms with Crippen LogP contribution in [-0.4, -0.2) is 33.2 Å². The predicted molar refractivity (Wildman–Crippen MR) is 72.6 cm³/mol. The Bertz CT molecular complexity index is 590. The van der Waals surface area contributed by atoms with Crippen molar-refractivity contribution in [2.75, 3.05) is 7.11 Å². The van der Waals surface area contributed by atoms with Gasteiger partial charge in [0.2, 0.25) is 0 Å². The molecule has 1 heterocycles. The van der Waals surface area contributed by atoms with Crippen LogP contribution in [0.25, 0.3) is 0 Å². The first-order valence-corrected chi connectivity index (χ1v) is 6.38. The zero-order chi connectivity index (χ0) is 14.5. The number of hydrogen-bond donors (Lipinski definition) is 1. The molecule has 0 aliphatic carbocycles. The topological polar surface area (TPSA) is 77.2 Å². The third-order valence-electron chi connectivity index (χ3n) is 3.08. The van der Waals surface area contributed by atoms with Gasteiger partial charge in [0, 0.05) is 7.11 Å². The van der Waals surface area contributed by atoms with E-state index < -0.39 is 5.97 Å². The second-order valence-corrected chi connectivity index (χ2v) is 4.45. The average molecular weight is 275 g/mol. The largest absolute Gasteiger partial charge is 0.476 e. The molecule has 0 fully saturated rings. The zero-order valence-corrected chi connectivity index (χ0v) is 11.5. The van der Waals surface area contributed by atoms with Crippen molar-refractivity contribution in [3.8, 4) is 0 Å². The summed E-state index contributed by atoms with van der Waals surface area (Å²) < 4.78 is 6.59. The second kappa shape index (κ2) is 6.29. The molecule has 0 saturated carbocycles. The van der Waals surface area contributed by atoms with Crippen molar-refractivity contribution in [2.24, 2.45) is 0 Å². The molecule has 1 aromatic carbocycles. The molecular formula is C14H17N3O3. The van der Waals surface area contributed by atoms with Crippen molar-refractivity contribution >= 4 is 5.97 Å². The first kappa shape index (κ1) is 14.2. The molecule has 1 N–H and O–H groups in total. The fourth-order valence-corrected chi connectivity index (χ4v) is 1.96. The highest BCUT2D eigenvalue weighted by Gasteiger charge is 2.18. The smallest absolute Gasteiger partial charge is 0.358 e. The quantitative estimate of drug-likeness (QED) is 0.868.